The van der Waals surface area contributed by atoms with Crippen molar-refractivity contribution < 1.29 is 17.9 Å². The van der Waals surface area contributed by atoms with E-state index in [2.05, 4.69) is 5.32 Å². The Morgan fingerprint density at radius 1 is 1.41 bits per heavy atom. The molecule has 0 saturated carbocycles. The molecule has 1 N–H and O–H groups in total. The summed E-state index contributed by atoms with van der Waals surface area (Å²) in [7, 11) is 1.43. The lowest BCUT2D eigenvalue weighted by Crippen LogP contribution is -2.28. The van der Waals surface area contributed by atoms with E-state index in [-0.39, 0.29) is 6.54 Å². The zero-order valence-electron chi connectivity index (χ0n) is 9.14. The van der Waals surface area contributed by atoms with E-state index in [4.69, 9.17) is 10.00 Å². The molecule has 6 heteroatoms. The predicted molar refractivity (Wildman–Crippen MR) is 55.5 cm³/mol. The highest BCUT2D eigenvalue weighted by Crippen LogP contribution is 2.20. The molecule has 0 atom stereocenters. The van der Waals surface area contributed by atoms with Gasteiger partial charge in [-0.1, -0.05) is 0 Å². The molecule has 92 valence electrons. The van der Waals surface area contributed by atoms with E-state index in [1.54, 1.807) is 12.1 Å². The molecule has 0 heterocycles. The van der Waals surface area contributed by atoms with Crippen molar-refractivity contribution in [1.82, 2.24) is 5.32 Å². The quantitative estimate of drug-likeness (QED) is 0.883. The van der Waals surface area contributed by atoms with Gasteiger partial charge in [-0.05, 0) is 18.2 Å². The molecule has 0 aliphatic carbocycles. The molecule has 0 aliphatic heterocycles. The summed E-state index contributed by atoms with van der Waals surface area (Å²) < 4.78 is 40.8. The van der Waals surface area contributed by atoms with Gasteiger partial charge in [0.25, 0.3) is 0 Å². The molecule has 0 unspecified atom stereocenters. The highest BCUT2D eigenvalue weighted by atomic mass is 19.4. The van der Waals surface area contributed by atoms with Crippen LogP contribution in [0.25, 0.3) is 0 Å². The number of alkyl halides is 3. The topological polar surface area (TPSA) is 45.0 Å². The average Bonchev–Trinajstić information content (AvgIpc) is 2.27. The number of ether oxygens (including phenoxy) is 1. The van der Waals surface area contributed by atoms with Gasteiger partial charge in [-0.3, -0.25) is 0 Å². The number of nitriles is 1. The molecule has 0 amide bonds. The molecule has 1 aromatic carbocycles. The summed E-state index contributed by atoms with van der Waals surface area (Å²) in [6, 6.07) is 6.53. The maximum absolute atomic E-state index is 11.9. The summed E-state index contributed by atoms with van der Waals surface area (Å²) in [6.07, 6.45) is -4.25. The first-order valence-electron chi connectivity index (χ1n) is 4.81. The molecule has 0 bridgehead atoms. The summed E-state index contributed by atoms with van der Waals surface area (Å²) in [6.45, 7) is -1.08. The Morgan fingerprint density at radius 3 is 2.65 bits per heavy atom. The Hall–Kier alpha value is -1.74. The second-order valence-electron chi connectivity index (χ2n) is 3.36. The lowest BCUT2D eigenvalue weighted by atomic mass is 10.1. The van der Waals surface area contributed by atoms with E-state index in [1.165, 1.54) is 13.2 Å². The van der Waals surface area contributed by atoms with Gasteiger partial charge in [-0.25, -0.2) is 0 Å². The van der Waals surface area contributed by atoms with Crippen LogP contribution in [0.1, 0.15) is 11.1 Å². The summed E-state index contributed by atoms with van der Waals surface area (Å²) >= 11 is 0. The highest BCUT2D eigenvalue weighted by Gasteiger charge is 2.26. The van der Waals surface area contributed by atoms with E-state index in [0.29, 0.717) is 16.9 Å². The maximum Gasteiger partial charge on any atom is 0.401 e. The monoisotopic (exact) mass is 244 g/mol. The first-order chi connectivity index (χ1) is 7.96. The number of nitrogens with one attached hydrogen (secondary N) is 1. The Balaban J connectivity index is 2.72. The van der Waals surface area contributed by atoms with Gasteiger partial charge in [-0.2, -0.15) is 18.4 Å². The molecule has 0 radical (unpaired) electrons. The highest BCUT2D eigenvalue weighted by molar-refractivity contribution is 5.41. The van der Waals surface area contributed by atoms with E-state index in [0.717, 1.165) is 0 Å². The Morgan fingerprint density at radius 2 is 2.12 bits per heavy atom. The standard InChI is InChI=1S/C11H11F3N2O/c1-17-10-3-2-8(5-15)4-9(10)6-16-7-11(12,13)14/h2-4,16H,6-7H2,1H3. The van der Waals surface area contributed by atoms with Crippen molar-refractivity contribution >= 4 is 0 Å². The van der Waals surface area contributed by atoms with Crippen LogP contribution in [-0.4, -0.2) is 19.8 Å². The normalized spacial score (nSPS) is 11.0. The number of rotatable bonds is 4. The molecular formula is C11H11F3N2O. The van der Waals surface area contributed by atoms with Crippen LogP contribution in [0.2, 0.25) is 0 Å². The Labute approximate surface area is 96.8 Å². The first kappa shape index (κ1) is 13.3. The predicted octanol–water partition coefficient (Wildman–Crippen LogP) is 2.22. The number of nitrogens with zero attached hydrogens (tertiary/aromatic N) is 1. The van der Waals surface area contributed by atoms with Gasteiger partial charge in [0.1, 0.15) is 5.75 Å². The van der Waals surface area contributed by atoms with Crippen molar-refractivity contribution in [2.45, 2.75) is 12.7 Å². The van der Waals surface area contributed by atoms with Crippen LogP contribution in [0, 0.1) is 11.3 Å². The zero-order chi connectivity index (χ0) is 12.9. The third-order valence-corrected chi connectivity index (χ3v) is 2.05. The van der Waals surface area contributed by atoms with Crippen LogP contribution in [0.4, 0.5) is 13.2 Å². The second kappa shape index (κ2) is 5.55. The first-order valence-corrected chi connectivity index (χ1v) is 4.81. The van der Waals surface area contributed by atoms with E-state index >= 15 is 0 Å². The minimum Gasteiger partial charge on any atom is -0.496 e. The van der Waals surface area contributed by atoms with Crippen molar-refractivity contribution in [3.05, 3.63) is 29.3 Å². The molecule has 0 spiro atoms. The van der Waals surface area contributed by atoms with Crippen molar-refractivity contribution in [3.63, 3.8) is 0 Å². The summed E-state index contributed by atoms with van der Waals surface area (Å²) in [5.41, 5.74) is 0.908. The van der Waals surface area contributed by atoms with Crippen molar-refractivity contribution in [2.24, 2.45) is 0 Å². The summed E-state index contributed by atoms with van der Waals surface area (Å²) in [4.78, 5) is 0. The summed E-state index contributed by atoms with van der Waals surface area (Å²) in [5.74, 6) is 0.457. The van der Waals surface area contributed by atoms with Crippen LogP contribution in [0.3, 0.4) is 0 Å². The van der Waals surface area contributed by atoms with Gasteiger partial charge in [0, 0.05) is 12.1 Å². The molecular weight excluding hydrogens is 233 g/mol. The second-order valence-corrected chi connectivity index (χ2v) is 3.36. The van der Waals surface area contributed by atoms with Crippen molar-refractivity contribution in [1.29, 1.82) is 5.26 Å². The minimum atomic E-state index is -4.25. The van der Waals surface area contributed by atoms with Gasteiger partial charge in [0.05, 0.1) is 25.3 Å². The molecule has 0 aromatic heterocycles. The van der Waals surface area contributed by atoms with Crippen LogP contribution in [-0.2, 0) is 6.54 Å². The SMILES string of the molecule is COc1ccc(C#N)cc1CNCC(F)(F)F. The number of methoxy groups -OCH3 is 1. The van der Waals surface area contributed by atoms with Crippen molar-refractivity contribution in [3.8, 4) is 11.8 Å². The molecule has 1 aromatic rings. The van der Waals surface area contributed by atoms with E-state index in [1.807, 2.05) is 6.07 Å². The van der Waals surface area contributed by atoms with Crippen LogP contribution >= 0.6 is 0 Å². The molecule has 0 aliphatic rings. The Kier molecular flexibility index (Phi) is 4.35. The number of hydrogen-bond acceptors (Lipinski definition) is 3. The van der Waals surface area contributed by atoms with Crippen molar-refractivity contribution in [2.75, 3.05) is 13.7 Å². The molecule has 17 heavy (non-hydrogen) atoms. The molecule has 0 saturated heterocycles. The van der Waals surface area contributed by atoms with Gasteiger partial charge < -0.3 is 10.1 Å². The Bertz CT molecular complexity index is 424. The molecule has 1 rings (SSSR count). The number of hydrogen-bond donors (Lipinski definition) is 1. The summed E-state index contributed by atoms with van der Waals surface area (Å²) in [5, 5.41) is 10.9. The van der Waals surface area contributed by atoms with Gasteiger partial charge >= 0.3 is 6.18 Å². The smallest absolute Gasteiger partial charge is 0.401 e. The maximum atomic E-state index is 11.9. The fourth-order valence-electron chi connectivity index (χ4n) is 1.33. The fourth-order valence-corrected chi connectivity index (χ4v) is 1.33. The number of halogens is 3. The molecule has 3 nitrogen and oxygen atoms in total. The number of benzene rings is 1. The van der Waals surface area contributed by atoms with Gasteiger partial charge in [0.2, 0.25) is 0 Å². The minimum absolute atomic E-state index is 0.00178. The van der Waals surface area contributed by atoms with E-state index < -0.39 is 12.7 Å². The van der Waals surface area contributed by atoms with Crippen LogP contribution in [0.15, 0.2) is 18.2 Å². The zero-order valence-corrected chi connectivity index (χ0v) is 9.14. The van der Waals surface area contributed by atoms with Crippen LogP contribution < -0.4 is 10.1 Å². The largest absolute Gasteiger partial charge is 0.496 e. The molecule has 0 fully saturated rings. The average molecular weight is 244 g/mol. The van der Waals surface area contributed by atoms with Gasteiger partial charge in [0.15, 0.2) is 0 Å². The van der Waals surface area contributed by atoms with Gasteiger partial charge in [-0.15, -0.1) is 0 Å². The fraction of sp³-hybridized carbons (Fsp3) is 0.364. The lowest BCUT2D eigenvalue weighted by Gasteiger charge is -2.11. The third kappa shape index (κ3) is 4.33. The lowest BCUT2D eigenvalue weighted by molar-refractivity contribution is -0.125. The van der Waals surface area contributed by atoms with Crippen LogP contribution in [0.5, 0.6) is 5.75 Å². The van der Waals surface area contributed by atoms with E-state index in [9.17, 15) is 13.2 Å². The third-order valence-electron chi connectivity index (χ3n) is 2.05.